The standard InChI is InChI=1S/C14H19NO2/c1-4-17-14(16)6-5-9-15-13-10-11(2)7-8-12(13)3/h5-8,10,15H,4,9H2,1-3H3/b6-5+. The second-order valence-electron chi connectivity index (χ2n) is 3.85. The molecule has 0 atom stereocenters. The lowest BCUT2D eigenvalue weighted by atomic mass is 10.1. The van der Waals surface area contributed by atoms with Crippen LogP contribution < -0.4 is 5.32 Å². The Balaban J connectivity index is 2.45. The van der Waals surface area contributed by atoms with Gasteiger partial charge in [0.15, 0.2) is 0 Å². The fourth-order valence-corrected chi connectivity index (χ4v) is 1.44. The molecule has 3 heteroatoms. The van der Waals surface area contributed by atoms with Gasteiger partial charge in [0.2, 0.25) is 0 Å². The van der Waals surface area contributed by atoms with Gasteiger partial charge in [0.1, 0.15) is 0 Å². The summed E-state index contributed by atoms with van der Waals surface area (Å²) in [5, 5.41) is 3.26. The molecule has 17 heavy (non-hydrogen) atoms. The van der Waals surface area contributed by atoms with Gasteiger partial charge in [0, 0.05) is 18.3 Å². The van der Waals surface area contributed by atoms with Gasteiger partial charge in [0.05, 0.1) is 6.61 Å². The lowest BCUT2D eigenvalue weighted by molar-refractivity contribution is -0.137. The number of hydrogen-bond acceptors (Lipinski definition) is 3. The summed E-state index contributed by atoms with van der Waals surface area (Å²) in [4.78, 5) is 11.0. The van der Waals surface area contributed by atoms with Crippen molar-refractivity contribution in [2.24, 2.45) is 0 Å². The van der Waals surface area contributed by atoms with Crippen LogP contribution in [0.4, 0.5) is 5.69 Å². The van der Waals surface area contributed by atoms with E-state index in [-0.39, 0.29) is 5.97 Å². The number of ether oxygens (including phenoxy) is 1. The molecule has 1 N–H and O–H groups in total. The minimum absolute atomic E-state index is 0.296. The number of hydrogen-bond donors (Lipinski definition) is 1. The predicted octanol–water partition coefficient (Wildman–Crippen LogP) is 2.83. The number of esters is 1. The third kappa shape index (κ3) is 4.72. The quantitative estimate of drug-likeness (QED) is 0.627. The van der Waals surface area contributed by atoms with Gasteiger partial charge in [0.25, 0.3) is 0 Å². The summed E-state index contributed by atoms with van der Waals surface area (Å²) >= 11 is 0. The maximum absolute atomic E-state index is 11.0. The summed E-state index contributed by atoms with van der Waals surface area (Å²) in [6, 6.07) is 6.25. The summed E-state index contributed by atoms with van der Waals surface area (Å²) < 4.78 is 4.78. The van der Waals surface area contributed by atoms with Crippen molar-refractivity contribution in [3.8, 4) is 0 Å². The second kappa shape index (κ2) is 6.74. The molecule has 0 amide bonds. The summed E-state index contributed by atoms with van der Waals surface area (Å²) in [7, 11) is 0. The normalized spacial score (nSPS) is 10.5. The summed E-state index contributed by atoms with van der Waals surface area (Å²) in [6.45, 7) is 6.92. The van der Waals surface area contributed by atoms with Crippen LogP contribution in [0.25, 0.3) is 0 Å². The van der Waals surface area contributed by atoms with Crippen molar-refractivity contribution in [2.45, 2.75) is 20.8 Å². The molecule has 0 aliphatic carbocycles. The SMILES string of the molecule is CCOC(=O)/C=C/CNc1cc(C)ccc1C. The van der Waals surface area contributed by atoms with Crippen LogP contribution in [0.15, 0.2) is 30.4 Å². The van der Waals surface area contributed by atoms with Crippen molar-refractivity contribution in [2.75, 3.05) is 18.5 Å². The van der Waals surface area contributed by atoms with Crippen LogP contribution in [0.5, 0.6) is 0 Å². The first-order chi connectivity index (χ1) is 8.13. The zero-order valence-corrected chi connectivity index (χ0v) is 10.6. The van der Waals surface area contributed by atoms with E-state index in [1.54, 1.807) is 13.0 Å². The molecule has 0 heterocycles. The number of rotatable bonds is 5. The molecule has 1 aromatic carbocycles. The molecule has 1 rings (SSSR count). The molecular weight excluding hydrogens is 214 g/mol. The van der Waals surface area contributed by atoms with Crippen molar-refractivity contribution in [3.63, 3.8) is 0 Å². The number of nitrogens with one attached hydrogen (secondary N) is 1. The van der Waals surface area contributed by atoms with Gasteiger partial charge in [-0.05, 0) is 38.0 Å². The van der Waals surface area contributed by atoms with Gasteiger partial charge >= 0.3 is 5.97 Å². The van der Waals surface area contributed by atoms with Crippen LogP contribution in [0.1, 0.15) is 18.1 Å². The number of carbonyl (C=O) groups is 1. The average molecular weight is 233 g/mol. The summed E-state index contributed by atoms with van der Waals surface area (Å²) in [6.07, 6.45) is 3.21. The van der Waals surface area contributed by atoms with E-state index in [0.717, 1.165) is 5.69 Å². The first-order valence-corrected chi connectivity index (χ1v) is 5.78. The van der Waals surface area contributed by atoms with E-state index in [4.69, 9.17) is 4.74 Å². The molecule has 1 aromatic rings. The number of anilines is 1. The fraction of sp³-hybridized carbons (Fsp3) is 0.357. The minimum Gasteiger partial charge on any atom is -0.463 e. The maximum atomic E-state index is 11.0. The van der Waals surface area contributed by atoms with E-state index < -0.39 is 0 Å². The number of benzene rings is 1. The van der Waals surface area contributed by atoms with E-state index in [1.807, 2.05) is 0 Å². The zero-order chi connectivity index (χ0) is 12.7. The first-order valence-electron chi connectivity index (χ1n) is 5.78. The Morgan fingerprint density at radius 3 is 2.88 bits per heavy atom. The van der Waals surface area contributed by atoms with Crippen LogP contribution in [0.2, 0.25) is 0 Å². The van der Waals surface area contributed by atoms with Gasteiger partial charge in [-0.2, -0.15) is 0 Å². The molecule has 0 radical (unpaired) electrons. The zero-order valence-electron chi connectivity index (χ0n) is 10.6. The van der Waals surface area contributed by atoms with Crippen LogP contribution in [-0.4, -0.2) is 19.1 Å². The van der Waals surface area contributed by atoms with Gasteiger partial charge in [-0.25, -0.2) is 4.79 Å². The third-order valence-electron chi connectivity index (χ3n) is 2.34. The Kier molecular flexibility index (Phi) is 5.27. The molecule has 0 unspecified atom stereocenters. The van der Waals surface area contributed by atoms with E-state index in [9.17, 15) is 4.79 Å². The Morgan fingerprint density at radius 2 is 2.18 bits per heavy atom. The highest BCUT2D eigenvalue weighted by atomic mass is 16.5. The van der Waals surface area contributed by atoms with Gasteiger partial charge in [-0.15, -0.1) is 0 Å². The van der Waals surface area contributed by atoms with Crippen molar-refractivity contribution in [1.29, 1.82) is 0 Å². The average Bonchev–Trinajstić information content (AvgIpc) is 2.29. The topological polar surface area (TPSA) is 38.3 Å². The summed E-state index contributed by atoms with van der Waals surface area (Å²) in [5.74, 6) is -0.296. The third-order valence-corrected chi connectivity index (χ3v) is 2.34. The van der Waals surface area contributed by atoms with Crippen LogP contribution in [0, 0.1) is 13.8 Å². The molecule has 0 aromatic heterocycles. The predicted molar refractivity (Wildman–Crippen MR) is 70.2 cm³/mol. The van der Waals surface area contributed by atoms with E-state index in [1.165, 1.54) is 17.2 Å². The highest BCUT2D eigenvalue weighted by Crippen LogP contribution is 2.15. The lowest BCUT2D eigenvalue weighted by Gasteiger charge is -2.08. The van der Waals surface area contributed by atoms with E-state index in [2.05, 4.69) is 37.4 Å². The molecule has 0 saturated carbocycles. The van der Waals surface area contributed by atoms with Crippen molar-refractivity contribution < 1.29 is 9.53 Å². The lowest BCUT2D eigenvalue weighted by Crippen LogP contribution is -2.03. The van der Waals surface area contributed by atoms with Crippen molar-refractivity contribution in [3.05, 3.63) is 41.5 Å². The highest BCUT2D eigenvalue weighted by Gasteiger charge is 1.96. The van der Waals surface area contributed by atoms with E-state index in [0.29, 0.717) is 13.2 Å². The van der Waals surface area contributed by atoms with E-state index >= 15 is 0 Å². The molecule has 92 valence electrons. The van der Waals surface area contributed by atoms with Gasteiger partial charge in [-0.3, -0.25) is 0 Å². The number of carbonyl (C=O) groups excluding carboxylic acids is 1. The van der Waals surface area contributed by atoms with Crippen LogP contribution >= 0.6 is 0 Å². The Hall–Kier alpha value is -1.77. The Labute approximate surface area is 102 Å². The van der Waals surface area contributed by atoms with Crippen molar-refractivity contribution >= 4 is 11.7 Å². The largest absolute Gasteiger partial charge is 0.463 e. The van der Waals surface area contributed by atoms with Gasteiger partial charge < -0.3 is 10.1 Å². The maximum Gasteiger partial charge on any atom is 0.330 e. The van der Waals surface area contributed by atoms with Crippen LogP contribution in [-0.2, 0) is 9.53 Å². The first kappa shape index (κ1) is 13.3. The molecule has 0 saturated heterocycles. The fourth-order valence-electron chi connectivity index (χ4n) is 1.44. The molecule has 0 aliphatic rings. The minimum atomic E-state index is -0.296. The number of aryl methyl sites for hydroxylation is 2. The molecule has 0 bridgehead atoms. The highest BCUT2D eigenvalue weighted by molar-refractivity contribution is 5.81. The molecule has 0 fully saturated rings. The molecule has 3 nitrogen and oxygen atoms in total. The molecular formula is C14H19NO2. The molecule has 0 spiro atoms. The van der Waals surface area contributed by atoms with Crippen molar-refractivity contribution in [1.82, 2.24) is 0 Å². The Morgan fingerprint density at radius 1 is 1.41 bits per heavy atom. The Bertz CT molecular complexity index is 411. The molecule has 0 aliphatic heterocycles. The summed E-state index contributed by atoms with van der Waals surface area (Å²) in [5.41, 5.74) is 3.51. The van der Waals surface area contributed by atoms with Crippen LogP contribution in [0.3, 0.4) is 0 Å². The second-order valence-corrected chi connectivity index (χ2v) is 3.85. The monoisotopic (exact) mass is 233 g/mol. The van der Waals surface area contributed by atoms with Gasteiger partial charge in [-0.1, -0.05) is 18.2 Å². The smallest absolute Gasteiger partial charge is 0.330 e.